The Morgan fingerprint density at radius 3 is 2.32 bits per heavy atom. The lowest BCUT2D eigenvalue weighted by molar-refractivity contribution is -0.130. The summed E-state index contributed by atoms with van der Waals surface area (Å²) in [6.07, 6.45) is 2.37. The summed E-state index contributed by atoms with van der Waals surface area (Å²) in [7, 11) is 3.96. The van der Waals surface area contributed by atoms with Crippen molar-refractivity contribution in [2.75, 3.05) is 24.3 Å². The van der Waals surface area contributed by atoms with Crippen LogP contribution in [0.25, 0.3) is 10.9 Å². The Kier molecular flexibility index (Phi) is 6.32. The molecule has 1 aromatic heterocycles. The molecule has 0 aliphatic heterocycles. The van der Waals surface area contributed by atoms with Crippen molar-refractivity contribution in [2.45, 2.75) is 43.9 Å². The van der Waals surface area contributed by atoms with E-state index in [0.717, 1.165) is 42.4 Å². The summed E-state index contributed by atoms with van der Waals surface area (Å²) < 4.78 is 0. The van der Waals surface area contributed by atoms with E-state index in [0.29, 0.717) is 11.5 Å². The molecule has 0 unspecified atom stereocenters. The van der Waals surface area contributed by atoms with Gasteiger partial charge in [0.2, 0.25) is 5.95 Å². The van der Waals surface area contributed by atoms with E-state index < -0.39 is 6.10 Å². The zero-order valence-corrected chi connectivity index (χ0v) is 18.0. The van der Waals surface area contributed by atoms with Crippen LogP contribution < -0.4 is 15.5 Å². The first-order valence-electron chi connectivity index (χ1n) is 10.8. The zero-order valence-electron chi connectivity index (χ0n) is 18.0. The minimum Gasteiger partial charge on any atom is -0.378 e. The number of hydrogen-bond acceptors (Lipinski definition) is 6. The fourth-order valence-corrected chi connectivity index (χ4v) is 4.10. The van der Waals surface area contributed by atoms with Crippen LogP contribution in [0.4, 0.5) is 11.8 Å². The summed E-state index contributed by atoms with van der Waals surface area (Å²) in [5.41, 5.74) is 1.53. The van der Waals surface area contributed by atoms with Gasteiger partial charge in [-0.3, -0.25) is 4.79 Å². The van der Waals surface area contributed by atoms with Crippen molar-refractivity contribution in [2.24, 2.45) is 0 Å². The van der Waals surface area contributed by atoms with Crippen molar-refractivity contribution in [3.05, 3.63) is 60.2 Å². The number of carbonyl (C=O) groups excluding carboxylic acids is 1. The third kappa shape index (κ3) is 4.94. The van der Waals surface area contributed by atoms with Gasteiger partial charge in [0.25, 0.3) is 5.91 Å². The SMILES string of the molecule is CN(C)c1nc(N[C@H]2CC[C@@H](NC(=O)[C@@H](O)c3ccccc3)CC2)nc2ccccc12. The predicted octanol–water partition coefficient (Wildman–Crippen LogP) is 3.27. The first-order valence-corrected chi connectivity index (χ1v) is 10.8. The molecule has 1 aliphatic carbocycles. The van der Waals surface area contributed by atoms with Crippen LogP contribution in [0.3, 0.4) is 0 Å². The van der Waals surface area contributed by atoms with Gasteiger partial charge >= 0.3 is 0 Å². The number of nitrogens with one attached hydrogen (secondary N) is 2. The molecule has 4 rings (SSSR count). The van der Waals surface area contributed by atoms with Gasteiger partial charge in [-0.1, -0.05) is 42.5 Å². The van der Waals surface area contributed by atoms with E-state index in [4.69, 9.17) is 4.98 Å². The highest BCUT2D eigenvalue weighted by Crippen LogP contribution is 2.26. The number of carbonyl (C=O) groups is 1. The second-order valence-corrected chi connectivity index (χ2v) is 8.30. The van der Waals surface area contributed by atoms with Gasteiger partial charge in [-0.2, -0.15) is 4.98 Å². The number of amides is 1. The molecular formula is C24H29N5O2. The summed E-state index contributed by atoms with van der Waals surface area (Å²) in [5.74, 6) is 1.19. The lowest BCUT2D eigenvalue weighted by Crippen LogP contribution is -2.42. The highest BCUT2D eigenvalue weighted by Gasteiger charge is 2.26. The molecule has 1 fully saturated rings. The van der Waals surface area contributed by atoms with Crippen molar-refractivity contribution >= 4 is 28.6 Å². The molecule has 0 bridgehead atoms. The second-order valence-electron chi connectivity index (χ2n) is 8.30. The van der Waals surface area contributed by atoms with Gasteiger partial charge in [0.05, 0.1) is 5.52 Å². The number of rotatable bonds is 6. The number of aliphatic hydroxyl groups excluding tert-OH is 1. The van der Waals surface area contributed by atoms with E-state index in [1.165, 1.54) is 0 Å². The maximum atomic E-state index is 12.4. The van der Waals surface area contributed by atoms with E-state index in [-0.39, 0.29) is 18.0 Å². The van der Waals surface area contributed by atoms with E-state index >= 15 is 0 Å². The fraction of sp³-hybridized carbons (Fsp3) is 0.375. The molecule has 1 heterocycles. The third-order valence-corrected chi connectivity index (χ3v) is 5.78. The van der Waals surface area contributed by atoms with Gasteiger partial charge in [-0.25, -0.2) is 4.98 Å². The Morgan fingerprint density at radius 1 is 0.968 bits per heavy atom. The molecular weight excluding hydrogens is 390 g/mol. The lowest BCUT2D eigenvalue weighted by atomic mass is 9.91. The predicted molar refractivity (Wildman–Crippen MR) is 123 cm³/mol. The van der Waals surface area contributed by atoms with Gasteiger partial charge in [0.15, 0.2) is 6.10 Å². The molecule has 1 atom stereocenters. The maximum Gasteiger partial charge on any atom is 0.253 e. The Balaban J connectivity index is 1.35. The molecule has 7 nitrogen and oxygen atoms in total. The number of nitrogens with zero attached hydrogens (tertiary/aromatic N) is 3. The highest BCUT2D eigenvalue weighted by molar-refractivity contribution is 5.90. The van der Waals surface area contributed by atoms with E-state index in [2.05, 4.69) is 15.6 Å². The Hall–Kier alpha value is -3.19. The molecule has 0 radical (unpaired) electrons. The minimum atomic E-state index is -1.13. The average molecular weight is 420 g/mol. The van der Waals surface area contributed by atoms with Crippen LogP contribution in [-0.4, -0.2) is 47.2 Å². The average Bonchev–Trinajstić information content (AvgIpc) is 2.79. The number of aromatic nitrogens is 2. The van der Waals surface area contributed by atoms with E-state index in [1.54, 1.807) is 12.1 Å². The molecule has 1 saturated carbocycles. The van der Waals surface area contributed by atoms with Crippen LogP contribution in [0.2, 0.25) is 0 Å². The van der Waals surface area contributed by atoms with Crippen LogP contribution in [0.5, 0.6) is 0 Å². The smallest absolute Gasteiger partial charge is 0.253 e. The van der Waals surface area contributed by atoms with Gasteiger partial charge in [0.1, 0.15) is 5.82 Å². The standard InChI is InChI=1S/C24H29N5O2/c1-29(2)22-19-10-6-7-11-20(19)27-24(28-22)26-18-14-12-17(13-15-18)25-23(31)21(30)16-8-4-3-5-9-16/h3-11,17-18,21,30H,12-15H2,1-2H3,(H,25,31)(H,26,27,28)/t17-,18+,21-/m0/s1. The van der Waals surface area contributed by atoms with E-state index in [1.807, 2.05) is 61.5 Å². The maximum absolute atomic E-state index is 12.4. The number of aliphatic hydroxyl groups is 1. The number of hydrogen-bond donors (Lipinski definition) is 3. The van der Waals surface area contributed by atoms with Gasteiger partial charge in [-0.15, -0.1) is 0 Å². The summed E-state index contributed by atoms with van der Waals surface area (Å²) in [6.45, 7) is 0. The lowest BCUT2D eigenvalue weighted by Gasteiger charge is -2.30. The molecule has 3 aromatic rings. The summed E-state index contributed by atoms with van der Waals surface area (Å²) in [6, 6.07) is 17.4. The molecule has 3 N–H and O–H groups in total. The van der Waals surface area contributed by atoms with Crippen molar-refractivity contribution in [1.29, 1.82) is 0 Å². The van der Waals surface area contributed by atoms with Crippen LogP contribution in [0.15, 0.2) is 54.6 Å². The van der Waals surface area contributed by atoms with Crippen molar-refractivity contribution in [1.82, 2.24) is 15.3 Å². The zero-order chi connectivity index (χ0) is 21.8. The Bertz CT molecular complexity index is 1030. The van der Waals surface area contributed by atoms with Crippen LogP contribution >= 0.6 is 0 Å². The first kappa shape index (κ1) is 21.1. The Morgan fingerprint density at radius 2 is 1.61 bits per heavy atom. The third-order valence-electron chi connectivity index (χ3n) is 5.78. The van der Waals surface area contributed by atoms with Crippen LogP contribution in [0, 0.1) is 0 Å². The molecule has 7 heteroatoms. The molecule has 2 aromatic carbocycles. The number of fused-ring (bicyclic) bond motifs is 1. The first-order chi connectivity index (χ1) is 15.0. The van der Waals surface area contributed by atoms with E-state index in [9.17, 15) is 9.90 Å². The normalized spacial score (nSPS) is 19.6. The summed E-state index contributed by atoms with van der Waals surface area (Å²) >= 11 is 0. The van der Waals surface area contributed by atoms with Crippen molar-refractivity contribution < 1.29 is 9.90 Å². The second kappa shape index (κ2) is 9.31. The molecule has 162 valence electrons. The molecule has 0 saturated heterocycles. The van der Waals surface area contributed by atoms with Crippen LogP contribution in [-0.2, 0) is 4.79 Å². The van der Waals surface area contributed by atoms with Crippen LogP contribution in [0.1, 0.15) is 37.4 Å². The quantitative estimate of drug-likeness (QED) is 0.568. The number of benzene rings is 2. The summed E-state index contributed by atoms with van der Waals surface area (Å²) in [4.78, 5) is 23.8. The van der Waals surface area contributed by atoms with Crippen molar-refractivity contribution in [3.8, 4) is 0 Å². The molecule has 1 amide bonds. The van der Waals surface area contributed by atoms with Gasteiger partial charge in [0, 0.05) is 31.6 Å². The molecule has 31 heavy (non-hydrogen) atoms. The Labute approximate surface area is 182 Å². The molecule has 1 aliphatic rings. The summed E-state index contributed by atoms with van der Waals surface area (Å²) in [5, 5.41) is 17.8. The fourth-order valence-electron chi connectivity index (χ4n) is 4.10. The minimum absolute atomic E-state index is 0.0683. The van der Waals surface area contributed by atoms with Gasteiger partial charge < -0.3 is 20.6 Å². The number of para-hydroxylation sites is 1. The van der Waals surface area contributed by atoms with Crippen molar-refractivity contribution in [3.63, 3.8) is 0 Å². The number of anilines is 2. The van der Waals surface area contributed by atoms with Gasteiger partial charge in [-0.05, 0) is 43.4 Å². The monoisotopic (exact) mass is 419 g/mol. The highest BCUT2D eigenvalue weighted by atomic mass is 16.3. The molecule has 0 spiro atoms. The largest absolute Gasteiger partial charge is 0.378 e. The topological polar surface area (TPSA) is 90.4 Å².